The average molecular weight is 314 g/mol. The summed E-state index contributed by atoms with van der Waals surface area (Å²) in [5.74, 6) is -2.55. The van der Waals surface area contributed by atoms with Crippen LogP contribution in [0.1, 0.15) is 39.5 Å². The highest BCUT2D eigenvalue weighted by atomic mass is 16.6. The van der Waals surface area contributed by atoms with Gasteiger partial charge in [0.1, 0.15) is 12.7 Å². The SMILES string of the molecule is C=C(C)C(=O)OC(CCC)(CCC(=O)O)C(=O)OCC1CO1. The van der Waals surface area contributed by atoms with Crippen molar-refractivity contribution in [2.75, 3.05) is 13.2 Å². The number of carbonyl (C=O) groups is 3. The number of carbonyl (C=O) groups excluding carboxylic acids is 2. The zero-order chi connectivity index (χ0) is 16.8. The van der Waals surface area contributed by atoms with Gasteiger partial charge < -0.3 is 19.3 Å². The Labute approximate surface area is 129 Å². The van der Waals surface area contributed by atoms with Crippen LogP contribution in [0.4, 0.5) is 0 Å². The number of hydrogen-bond donors (Lipinski definition) is 1. The van der Waals surface area contributed by atoms with Crippen molar-refractivity contribution in [3.05, 3.63) is 12.2 Å². The van der Waals surface area contributed by atoms with Crippen molar-refractivity contribution in [2.24, 2.45) is 0 Å². The molecule has 1 aliphatic heterocycles. The van der Waals surface area contributed by atoms with Gasteiger partial charge in [0.25, 0.3) is 0 Å². The number of carboxylic acids is 1. The summed E-state index contributed by atoms with van der Waals surface area (Å²) < 4.78 is 15.4. The molecule has 1 saturated heterocycles. The van der Waals surface area contributed by atoms with Crippen LogP contribution >= 0.6 is 0 Å². The maximum absolute atomic E-state index is 12.4. The molecule has 0 spiro atoms. The summed E-state index contributed by atoms with van der Waals surface area (Å²) in [7, 11) is 0. The van der Waals surface area contributed by atoms with Gasteiger partial charge in [-0.1, -0.05) is 19.9 Å². The highest BCUT2D eigenvalue weighted by Gasteiger charge is 2.44. The first-order valence-electron chi connectivity index (χ1n) is 7.20. The van der Waals surface area contributed by atoms with Crippen LogP contribution < -0.4 is 0 Å². The third-order valence-electron chi connectivity index (χ3n) is 3.21. The minimum absolute atomic E-state index is 0.0714. The first-order valence-corrected chi connectivity index (χ1v) is 7.20. The Balaban J connectivity index is 2.88. The lowest BCUT2D eigenvalue weighted by Gasteiger charge is -2.30. The van der Waals surface area contributed by atoms with Crippen molar-refractivity contribution in [2.45, 2.75) is 51.2 Å². The van der Waals surface area contributed by atoms with Crippen LogP contribution in [0, 0.1) is 0 Å². The van der Waals surface area contributed by atoms with Crippen molar-refractivity contribution in [1.29, 1.82) is 0 Å². The molecule has 0 aliphatic carbocycles. The molecule has 0 aromatic carbocycles. The number of esters is 2. The smallest absolute Gasteiger partial charge is 0.350 e. The molecule has 1 N–H and O–H groups in total. The maximum atomic E-state index is 12.4. The second-order valence-corrected chi connectivity index (χ2v) is 5.36. The number of carboxylic acid groups (broad SMARTS) is 1. The molecule has 7 heteroatoms. The summed E-state index contributed by atoms with van der Waals surface area (Å²) in [6, 6.07) is 0. The molecule has 2 atom stereocenters. The fourth-order valence-electron chi connectivity index (χ4n) is 1.91. The maximum Gasteiger partial charge on any atom is 0.350 e. The van der Waals surface area contributed by atoms with Gasteiger partial charge in [0.15, 0.2) is 0 Å². The predicted octanol–water partition coefficient (Wildman–Crippen LogP) is 1.45. The van der Waals surface area contributed by atoms with Crippen LogP contribution in [0.15, 0.2) is 12.2 Å². The Kier molecular flexibility index (Phi) is 6.55. The molecule has 0 radical (unpaired) electrons. The minimum Gasteiger partial charge on any atom is -0.481 e. The molecule has 0 amide bonds. The topological polar surface area (TPSA) is 102 Å². The highest BCUT2D eigenvalue weighted by molar-refractivity contribution is 5.91. The van der Waals surface area contributed by atoms with Crippen LogP contribution in [-0.2, 0) is 28.6 Å². The van der Waals surface area contributed by atoms with Crippen molar-refractivity contribution in [1.82, 2.24) is 0 Å². The molecule has 124 valence electrons. The van der Waals surface area contributed by atoms with Gasteiger partial charge in [0, 0.05) is 18.4 Å². The Morgan fingerprint density at radius 2 is 2.00 bits per heavy atom. The molecule has 0 aromatic rings. The monoisotopic (exact) mass is 314 g/mol. The van der Waals surface area contributed by atoms with E-state index in [-0.39, 0.29) is 37.5 Å². The van der Waals surface area contributed by atoms with E-state index in [4.69, 9.17) is 19.3 Å². The van der Waals surface area contributed by atoms with E-state index in [9.17, 15) is 14.4 Å². The minimum atomic E-state index is -1.60. The van der Waals surface area contributed by atoms with Crippen molar-refractivity contribution < 1.29 is 33.7 Å². The average Bonchev–Trinajstić information content (AvgIpc) is 3.26. The molecule has 1 rings (SSSR count). The van der Waals surface area contributed by atoms with Crippen molar-refractivity contribution >= 4 is 17.9 Å². The summed E-state index contributed by atoms with van der Waals surface area (Å²) >= 11 is 0. The Morgan fingerprint density at radius 3 is 2.45 bits per heavy atom. The first kappa shape index (κ1) is 18.2. The van der Waals surface area contributed by atoms with Crippen LogP contribution in [0.2, 0.25) is 0 Å². The summed E-state index contributed by atoms with van der Waals surface area (Å²) in [4.78, 5) is 35.1. The van der Waals surface area contributed by atoms with E-state index in [1.165, 1.54) is 6.92 Å². The van der Waals surface area contributed by atoms with Crippen LogP contribution in [0.3, 0.4) is 0 Å². The van der Waals surface area contributed by atoms with Gasteiger partial charge in [0.05, 0.1) is 6.61 Å². The zero-order valence-corrected chi connectivity index (χ0v) is 12.9. The van der Waals surface area contributed by atoms with E-state index < -0.39 is 23.5 Å². The lowest BCUT2D eigenvalue weighted by molar-refractivity contribution is -0.183. The fourth-order valence-corrected chi connectivity index (χ4v) is 1.91. The molecule has 0 saturated carbocycles. The van der Waals surface area contributed by atoms with E-state index in [0.29, 0.717) is 13.0 Å². The summed E-state index contributed by atoms with van der Waals surface area (Å²) in [6.07, 6.45) is 0.138. The Bertz CT molecular complexity index is 453. The normalized spacial score (nSPS) is 18.9. The molecule has 2 unspecified atom stereocenters. The molecule has 0 bridgehead atoms. The van der Waals surface area contributed by atoms with E-state index >= 15 is 0 Å². The van der Waals surface area contributed by atoms with Crippen LogP contribution in [0.25, 0.3) is 0 Å². The van der Waals surface area contributed by atoms with Crippen molar-refractivity contribution in [3.63, 3.8) is 0 Å². The van der Waals surface area contributed by atoms with Gasteiger partial charge in [-0.25, -0.2) is 9.59 Å². The number of aliphatic carboxylic acids is 1. The van der Waals surface area contributed by atoms with Crippen LogP contribution in [0.5, 0.6) is 0 Å². The summed E-state index contributed by atoms with van der Waals surface area (Å²) in [5.41, 5.74) is -1.47. The van der Waals surface area contributed by atoms with Crippen molar-refractivity contribution in [3.8, 4) is 0 Å². The Hall–Kier alpha value is -1.89. The van der Waals surface area contributed by atoms with E-state index in [0.717, 1.165) is 0 Å². The lowest BCUT2D eigenvalue weighted by atomic mass is 9.91. The zero-order valence-electron chi connectivity index (χ0n) is 12.9. The second-order valence-electron chi connectivity index (χ2n) is 5.36. The van der Waals surface area contributed by atoms with Crippen LogP contribution in [-0.4, -0.2) is 47.9 Å². The van der Waals surface area contributed by atoms with Gasteiger partial charge in [0.2, 0.25) is 5.60 Å². The third-order valence-corrected chi connectivity index (χ3v) is 3.21. The van der Waals surface area contributed by atoms with Gasteiger partial charge in [-0.2, -0.15) is 0 Å². The molecule has 0 aromatic heterocycles. The highest BCUT2D eigenvalue weighted by Crippen LogP contribution is 2.28. The van der Waals surface area contributed by atoms with E-state index in [1.54, 1.807) is 6.92 Å². The fraction of sp³-hybridized carbons (Fsp3) is 0.667. The molecule has 1 aliphatic rings. The molecule has 1 fully saturated rings. The van der Waals surface area contributed by atoms with Gasteiger partial charge in [-0.15, -0.1) is 0 Å². The van der Waals surface area contributed by atoms with Gasteiger partial charge >= 0.3 is 17.9 Å². The number of rotatable bonds is 10. The molecule has 1 heterocycles. The molecule has 22 heavy (non-hydrogen) atoms. The summed E-state index contributed by atoms with van der Waals surface area (Å²) in [5, 5.41) is 8.87. The quantitative estimate of drug-likeness (QED) is 0.370. The third kappa shape index (κ3) is 5.48. The van der Waals surface area contributed by atoms with E-state index in [1.807, 2.05) is 0 Å². The molecular weight excluding hydrogens is 292 g/mol. The number of ether oxygens (including phenoxy) is 3. The number of hydrogen-bond acceptors (Lipinski definition) is 6. The lowest BCUT2D eigenvalue weighted by Crippen LogP contribution is -2.45. The largest absolute Gasteiger partial charge is 0.481 e. The predicted molar refractivity (Wildman–Crippen MR) is 76.1 cm³/mol. The standard InChI is InChI=1S/C15H22O7/c1-4-6-15(7-5-12(16)17,22-13(18)10(2)3)14(19)21-9-11-8-20-11/h11H,2,4-9H2,1,3H3,(H,16,17). The molecule has 7 nitrogen and oxygen atoms in total. The van der Waals surface area contributed by atoms with E-state index in [2.05, 4.69) is 6.58 Å². The Morgan fingerprint density at radius 1 is 1.36 bits per heavy atom. The second kappa shape index (κ2) is 7.93. The van der Waals surface area contributed by atoms with Gasteiger partial charge in [-0.3, -0.25) is 4.79 Å². The molecular formula is C15H22O7. The summed E-state index contributed by atoms with van der Waals surface area (Å²) in [6.45, 7) is 7.33. The number of epoxide rings is 1. The first-order chi connectivity index (χ1) is 10.3. The van der Waals surface area contributed by atoms with Gasteiger partial charge in [-0.05, 0) is 13.3 Å².